The minimum Gasteiger partial charge on any atom is -0.447 e. The fourth-order valence-electron chi connectivity index (χ4n) is 3.55. The van der Waals surface area contributed by atoms with Crippen molar-refractivity contribution in [2.24, 2.45) is 0 Å². The molecule has 32 heavy (non-hydrogen) atoms. The van der Waals surface area contributed by atoms with Gasteiger partial charge in [0, 0.05) is 28.2 Å². The SMILES string of the molecule is CC(C)OC(=O)NC1CCC(c2ncc(-c3ccc(Br)cc3S(=O)(=O)C(F)(F)F)s2)CC1. The minimum atomic E-state index is -5.52. The lowest BCUT2D eigenvalue weighted by Gasteiger charge is -2.28. The van der Waals surface area contributed by atoms with Crippen LogP contribution in [-0.4, -0.2) is 37.1 Å². The highest BCUT2D eigenvalue weighted by Crippen LogP contribution is 2.42. The first-order valence-corrected chi connectivity index (χ1v) is 13.0. The number of aromatic nitrogens is 1. The van der Waals surface area contributed by atoms with Gasteiger partial charge in [-0.15, -0.1) is 11.3 Å². The molecule has 1 aromatic heterocycles. The minimum absolute atomic E-state index is 0.00747. The number of halogens is 4. The summed E-state index contributed by atoms with van der Waals surface area (Å²) in [6.07, 6.45) is 3.69. The largest absolute Gasteiger partial charge is 0.501 e. The third-order valence-electron chi connectivity index (χ3n) is 5.07. The fourth-order valence-corrected chi connectivity index (χ4v) is 6.25. The molecule has 1 N–H and O–H groups in total. The van der Waals surface area contributed by atoms with Gasteiger partial charge in [0.25, 0.3) is 9.84 Å². The maximum atomic E-state index is 13.2. The number of ether oxygens (including phenoxy) is 1. The predicted octanol–water partition coefficient (Wildman–Crippen LogP) is 6.03. The van der Waals surface area contributed by atoms with Gasteiger partial charge in [-0.1, -0.05) is 22.0 Å². The number of sulfone groups is 1. The monoisotopic (exact) mass is 554 g/mol. The molecule has 1 amide bonds. The van der Waals surface area contributed by atoms with Gasteiger partial charge in [-0.3, -0.25) is 0 Å². The zero-order valence-corrected chi connectivity index (χ0v) is 20.5. The molecule has 0 unspecified atom stereocenters. The van der Waals surface area contributed by atoms with Crippen molar-refractivity contribution in [3.8, 4) is 10.4 Å². The molecule has 0 saturated heterocycles. The molecule has 2 aromatic rings. The van der Waals surface area contributed by atoms with Gasteiger partial charge in [-0.05, 0) is 51.7 Å². The molecule has 0 spiro atoms. The number of benzene rings is 1. The Morgan fingerprint density at radius 2 is 1.91 bits per heavy atom. The molecule has 0 aliphatic heterocycles. The number of amides is 1. The fraction of sp³-hybridized carbons (Fsp3) is 0.500. The van der Waals surface area contributed by atoms with Crippen LogP contribution in [0.25, 0.3) is 10.4 Å². The van der Waals surface area contributed by atoms with Crippen molar-refractivity contribution in [1.29, 1.82) is 0 Å². The summed E-state index contributed by atoms with van der Waals surface area (Å²) in [6, 6.07) is 3.80. The summed E-state index contributed by atoms with van der Waals surface area (Å²) in [6.45, 7) is 3.54. The van der Waals surface area contributed by atoms with Gasteiger partial charge in [-0.25, -0.2) is 18.2 Å². The second-order valence-electron chi connectivity index (χ2n) is 7.80. The molecule has 1 aliphatic rings. The molecular weight excluding hydrogens is 533 g/mol. The zero-order chi connectivity index (χ0) is 23.7. The Hall–Kier alpha value is -1.66. The predicted molar refractivity (Wildman–Crippen MR) is 118 cm³/mol. The zero-order valence-electron chi connectivity index (χ0n) is 17.3. The molecule has 12 heteroatoms. The summed E-state index contributed by atoms with van der Waals surface area (Å²) in [5.41, 5.74) is -5.43. The van der Waals surface area contributed by atoms with Crippen LogP contribution in [0, 0.1) is 0 Å². The second-order valence-corrected chi connectivity index (χ2v) is 11.7. The number of rotatable bonds is 5. The van der Waals surface area contributed by atoms with Crippen LogP contribution in [0.4, 0.5) is 18.0 Å². The molecule has 1 saturated carbocycles. The first-order chi connectivity index (χ1) is 14.9. The number of carbonyl (C=O) groups is 1. The summed E-state index contributed by atoms with van der Waals surface area (Å²) in [4.78, 5) is 15.7. The van der Waals surface area contributed by atoms with Crippen molar-refractivity contribution >= 4 is 43.2 Å². The highest BCUT2D eigenvalue weighted by atomic mass is 79.9. The maximum absolute atomic E-state index is 13.2. The lowest BCUT2D eigenvalue weighted by Crippen LogP contribution is -2.38. The number of thiazole rings is 1. The molecule has 0 bridgehead atoms. The number of carbonyl (C=O) groups excluding carboxylic acids is 1. The number of nitrogens with one attached hydrogen (secondary N) is 1. The smallest absolute Gasteiger partial charge is 0.447 e. The number of hydrogen-bond donors (Lipinski definition) is 1. The van der Waals surface area contributed by atoms with Crippen LogP contribution in [0.1, 0.15) is 50.5 Å². The van der Waals surface area contributed by atoms with E-state index in [1.54, 1.807) is 13.8 Å². The van der Waals surface area contributed by atoms with E-state index in [1.807, 2.05) is 0 Å². The molecule has 6 nitrogen and oxygen atoms in total. The summed E-state index contributed by atoms with van der Waals surface area (Å²) >= 11 is 4.24. The van der Waals surface area contributed by atoms with Crippen molar-refractivity contribution in [3.05, 3.63) is 33.9 Å². The Kier molecular flexibility index (Phi) is 7.55. The number of alkyl carbamates (subject to hydrolysis) is 1. The highest BCUT2D eigenvalue weighted by Gasteiger charge is 2.48. The molecule has 176 valence electrons. The van der Waals surface area contributed by atoms with E-state index in [9.17, 15) is 26.4 Å². The van der Waals surface area contributed by atoms with Gasteiger partial charge in [-0.2, -0.15) is 13.2 Å². The van der Waals surface area contributed by atoms with Crippen LogP contribution in [-0.2, 0) is 14.6 Å². The van der Waals surface area contributed by atoms with Crippen molar-refractivity contribution < 1.29 is 31.1 Å². The molecule has 0 radical (unpaired) electrons. The van der Waals surface area contributed by atoms with Gasteiger partial charge in [0.15, 0.2) is 0 Å². The quantitative estimate of drug-likeness (QED) is 0.487. The average Bonchev–Trinajstić information content (AvgIpc) is 3.17. The maximum Gasteiger partial charge on any atom is 0.501 e. The Labute approximate surface area is 196 Å². The van der Waals surface area contributed by atoms with E-state index in [1.165, 1.54) is 29.7 Å². The molecule has 0 atom stereocenters. The first-order valence-electron chi connectivity index (χ1n) is 9.92. The lowest BCUT2D eigenvalue weighted by atomic mass is 9.86. The topological polar surface area (TPSA) is 85.4 Å². The van der Waals surface area contributed by atoms with Crippen LogP contribution in [0.3, 0.4) is 0 Å². The molecule has 1 aromatic carbocycles. The summed E-state index contributed by atoms with van der Waals surface area (Å²) < 4.78 is 69.1. The van der Waals surface area contributed by atoms with E-state index < -0.39 is 26.3 Å². The van der Waals surface area contributed by atoms with Gasteiger partial charge < -0.3 is 10.1 Å². The highest BCUT2D eigenvalue weighted by molar-refractivity contribution is 9.10. The van der Waals surface area contributed by atoms with Crippen molar-refractivity contribution in [2.75, 3.05) is 0 Å². The van der Waals surface area contributed by atoms with Gasteiger partial charge in [0.1, 0.15) is 0 Å². The summed E-state index contributed by atoms with van der Waals surface area (Å²) in [5, 5.41) is 3.58. The van der Waals surface area contributed by atoms with Crippen LogP contribution in [0.5, 0.6) is 0 Å². The average molecular weight is 555 g/mol. The number of alkyl halides is 3. The summed E-state index contributed by atoms with van der Waals surface area (Å²) in [5.74, 6) is 0.0889. The number of hydrogen-bond acceptors (Lipinski definition) is 6. The van der Waals surface area contributed by atoms with Crippen molar-refractivity contribution in [3.63, 3.8) is 0 Å². The van der Waals surface area contributed by atoms with E-state index in [0.29, 0.717) is 4.88 Å². The van der Waals surface area contributed by atoms with Gasteiger partial charge in [0.2, 0.25) is 0 Å². The lowest BCUT2D eigenvalue weighted by molar-refractivity contribution is -0.0435. The first kappa shape index (κ1) is 25.0. The third-order valence-corrected chi connectivity index (χ3v) is 8.28. The molecule has 3 rings (SSSR count). The van der Waals surface area contributed by atoms with E-state index in [0.717, 1.165) is 36.8 Å². The standard InChI is InChI=1S/C20H22BrF3N2O4S2/c1-11(2)30-19(27)26-14-6-3-12(4-7-14)18-25-10-16(31-18)15-8-5-13(21)9-17(15)32(28,29)20(22,23)24/h5,8-12,14H,3-4,6-7H2,1-2H3,(H,26,27). The molecular formula is C20H22BrF3N2O4S2. The Morgan fingerprint density at radius 1 is 1.25 bits per heavy atom. The Bertz CT molecular complexity index is 1080. The van der Waals surface area contributed by atoms with Crippen LogP contribution in [0.15, 0.2) is 33.8 Å². The van der Waals surface area contributed by atoms with Crippen molar-refractivity contribution in [2.45, 2.75) is 68.0 Å². The van der Waals surface area contributed by atoms with Crippen molar-refractivity contribution in [1.82, 2.24) is 10.3 Å². The van der Waals surface area contributed by atoms with E-state index in [2.05, 4.69) is 26.2 Å². The molecule has 1 fully saturated rings. The number of nitrogens with zero attached hydrogens (tertiary/aromatic N) is 1. The third kappa shape index (κ3) is 5.63. The van der Waals surface area contributed by atoms with E-state index in [-0.39, 0.29) is 28.1 Å². The van der Waals surface area contributed by atoms with E-state index >= 15 is 0 Å². The Balaban J connectivity index is 1.76. The second kappa shape index (κ2) is 9.68. The van der Waals surface area contributed by atoms with Crippen LogP contribution in [0.2, 0.25) is 0 Å². The van der Waals surface area contributed by atoms with Gasteiger partial charge >= 0.3 is 11.6 Å². The molecule has 1 heterocycles. The van der Waals surface area contributed by atoms with Gasteiger partial charge in [0.05, 0.1) is 20.9 Å². The molecule has 1 aliphatic carbocycles. The summed E-state index contributed by atoms with van der Waals surface area (Å²) in [7, 11) is -5.52. The normalized spacial score (nSPS) is 19.7. The Morgan fingerprint density at radius 3 is 2.50 bits per heavy atom. The van der Waals surface area contributed by atoms with Crippen LogP contribution >= 0.6 is 27.3 Å². The van der Waals surface area contributed by atoms with E-state index in [4.69, 9.17) is 4.74 Å². The van der Waals surface area contributed by atoms with Crippen LogP contribution < -0.4 is 5.32 Å².